The van der Waals surface area contributed by atoms with Gasteiger partial charge in [-0.1, -0.05) is 12.1 Å². The monoisotopic (exact) mass is 223 g/mol. The molecule has 0 bridgehead atoms. The number of aliphatic imine (C=N–C) groups is 1. The molecule has 3 nitrogen and oxygen atoms in total. The molecule has 1 aromatic carbocycles. The first kappa shape index (κ1) is 12.6. The largest absolute Gasteiger partial charge is 0.312 e. The number of nitrogens with one attached hydrogen (secondary N) is 1. The summed E-state index contributed by atoms with van der Waals surface area (Å²) in [7, 11) is 0. The Morgan fingerprint density at radius 2 is 1.88 bits per heavy atom. The van der Waals surface area contributed by atoms with Crippen LogP contribution in [0.25, 0.3) is 0 Å². The smallest absolute Gasteiger partial charge is 0.123 e. The number of halogens is 1. The van der Waals surface area contributed by atoms with Gasteiger partial charge in [0, 0.05) is 6.42 Å². The average Bonchev–Trinajstić information content (AvgIpc) is 2.18. The second kappa shape index (κ2) is 5.07. The number of hydrazine groups is 1. The van der Waals surface area contributed by atoms with Gasteiger partial charge in [0.25, 0.3) is 0 Å². The molecule has 88 valence electrons. The summed E-state index contributed by atoms with van der Waals surface area (Å²) in [6.07, 6.45) is 0.577. The predicted octanol–water partition coefficient (Wildman–Crippen LogP) is 2.03. The van der Waals surface area contributed by atoms with Crippen LogP contribution in [-0.2, 0) is 6.42 Å². The van der Waals surface area contributed by atoms with Crippen molar-refractivity contribution in [3.63, 3.8) is 0 Å². The zero-order valence-corrected chi connectivity index (χ0v) is 9.92. The van der Waals surface area contributed by atoms with E-state index in [-0.39, 0.29) is 11.4 Å². The number of rotatable bonds is 2. The number of amidine groups is 1. The summed E-state index contributed by atoms with van der Waals surface area (Å²) in [6.45, 7) is 5.99. The van der Waals surface area contributed by atoms with Crippen molar-refractivity contribution >= 4 is 5.84 Å². The van der Waals surface area contributed by atoms with Crippen LogP contribution in [0, 0.1) is 5.82 Å². The SMILES string of the molecule is CC(C)(C)N=C(Cc1ccc(F)cc1)NN. The highest BCUT2D eigenvalue weighted by Crippen LogP contribution is 2.09. The minimum absolute atomic E-state index is 0.179. The van der Waals surface area contributed by atoms with E-state index in [1.165, 1.54) is 12.1 Å². The maximum Gasteiger partial charge on any atom is 0.123 e. The van der Waals surface area contributed by atoms with E-state index in [0.29, 0.717) is 12.3 Å². The Kier molecular flexibility index (Phi) is 4.01. The average molecular weight is 223 g/mol. The van der Waals surface area contributed by atoms with Crippen LogP contribution in [0.5, 0.6) is 0 Å². The summed E-state index contributed by atoms with van der Waals surface area (Å²) < 4.78 is 12.7. The van der Waals surface area contributed by atoms with Gasteiger partial charge in [-0.15, -0.1) is 0 Å². The first-order valence-corrected chi connectivity index (χ1v) is 5.20. The number of nitrogens with two attached hydrogens (primary N) is 1. The van der Waals surface area contributed by atoms with Crippen LogP contribution in [-0.4, -0.2) is 11.4 Å². The molecule has 1 rings (SSSR count). The van der Waals surface area contributed by atoms with E-state index < -0.39 is 0 Å². The minimum atomic E-state index is -0.237. The molecule has 0 aliphatic carbocycles. The summed E-state index contributed by atoms with van der Waals surface area (Å²) >= 11 is 0. The lowest BCUT2D eigenvalue weighted by Crippen LogP contribution is -2.34. The van der Waals surface area contributed by atoms with Gasteiger partial charge in [-0.05, 0) is 38.5 Å². The second-order valence-electron chi connectivity index (χ2n) is 4.68. The van der Waals surface area contributed by atoms with Crippen molar-refractivity contribution in [3.8, 4) is 0 Å². The molecule has 4 heteroatoms. The van der Waals surface area contributed by atoms with E-state index in [1.54, 1.807) is 12.1 Å². The number of hydrogen-bond acceptors (Lipinski definition) is 2. The molecule has 16 heavy (non-hydrogen) atoms. The molecule has 0 aliphatic rings. The molecule has 0 atom stereocenters. The summed E-state index contributed by atoms with van der Waals surface area (Å²) in [5.74, 6) is 5.86. The van der Waals surface area contributed by atoms with Gasteiger partial charge in [0.05, 0.1) is 5.54 Å². The molecule has 0 unspecified atom stereocenters. The van der Waals surface area contributed by atoms with Gasteiger partial charge in [-0.3, -0.25) is 4.99 Å². The fourth-order valence-electron chi connectivity index (χ4n) is 1.32. The van der Waals surface area contributed by atoms with Gasteiger partial charge >= 0.3 is 0 Å². The molecule has 0 spiro atoms. The Morgan fingerprint density at radius 3 is 2.31 bits per heavy atom. The van der Waals surface area contributed by atoms with Gasteiger partial charge in [0.15, 0.2) is 0 Å². The number of benzene rings is 1. The standard InChI is InChI=1S/C12H18FN3/c1-12(2,3)15-11(16-14)8-9-4-6-10(13)7-5-9/h4-7H,8,14H2,1-3H3,(H,15,16). The summed E-state index contributed by atoms with van der Waals surface area (Å²) in [6, 6.07) is 6.32. The van der Waals surface area contributed by atoms with Gasteiger partial charge in [-0.25, -0.2) is 10.2 Å². The minimum Gasteiger partial charge on any atom is -0.312 e. The first-order valence-electron chi connectivity index (χ1n) is 5.20. The fraction of sp³-hybridized carbons (Fsp3) is 0.417. The predicted molar refractivity (Wildman–Crippen MR) is 64.6 cm³/mol. The molecule has 0 aliphatic heterocycles. The van der Waals surface area contributed by atoms with Crippen molar-refractivity contribution in [2.45, 2.75) is 32.7 Å². The Balaban J connectivity index is 2.78. The van der Waals surface area contributed by atoms with Gasteiger partial charge in [0.1, 0.15) is 11.7 Å². The Morgan fingerprint density at radius 1 is 1.31 bits per heavy atom. The highest BCUT2D eigenvalue weighted by molar-refractivity contribution is 5.84. The molecule has 1 aromatic rings. The highest BCUT2D eigenvalue weighted by Gasteiger charge is 2.09. The lowest BCUT2D eigenvalue weighted by molar-refractivity contribution is 0.577. The molecular weight excluding hydrogens is 205 g/mol. The van der Waals surface area contributed by atoms with E-state index in [9.17, 15) is 4.39 Å². The molecule has 0 saturated carbocycles. The van der Waals surface area contributed by atoms with E-state index in [2.05, 4.69) is 10.4 Å². The summed E-state index contributed by atoms with van der Waals surface area (Å²) in [5.41, 5.74) is 3.37. The Labute approximate surface area is 95.5 Å². The Bertz CT molecular complexity index is 363. The lowest BCUT2D eigenvalue weighted by Gasteiger charge is -2.15. The zero-order valence-electron chi connectivity index (χ0n) is 9.92. The molecule has 0 amide bonds. The van der Waals surface area contributed by atoms with Crippen LogP contribution in [0.1, 0.15) is 26.3 Å². The van der Waals surface area contributed by atoms with Gasteiger partial charge < -0.3 is 5.43 Å². The highest BCUT2D eigenvalue weighted by atomic mass is 19.1. The maximum absolute atomic E-state index is 12.7. The molecule has 0 saturated heterocycles. The Hall–Kier alpha value is -1.42. The third-order valence-electron chi connectivity index (χ3n) is 1.92. The third kappa shape index (κ3) is 4.40. The van der Waals surface area contributed by atoms with Crippen LogP contribution < -0.4 is 11.3 Å². The summed E-state index contributed by atoms with van der Waals surface area (Å²) in [5, 5.41) is 0. The van der Waals surface area contributed by atoms with Gasteiger partial charge in [-0.2, -0.15) is 0 Å². The number of nitrogens with zero attached hydrogens (tertiary/aromatic N) is 1. The normalized spacial score (nSPS) is 12.7. The van der Waals surface area contributed by atoms with Crippen molar-refractivity contribution in [1.29, 1.82) is 0 Å². The van der Waals surface area contributed by atoms with Crippen LogP contribution in [0.4, 0.5) is 4.39 Å². The van der Waals surface area contributed by atoms with Crippen molar-refractivity contribution in [3.05, 3.63) is 35.6 Å². The van der Waals surface area contributed by atoms with Crippen molar-refractivity contribution in [2.75, 3.05) is 0 Å². The zero-order chi connectivity index (χ0) is 12.2. The van der Waals surface area contributed by atoms with Gasteiger partial charge in [0.2, 0.25) is 0 Å². The van der Waals surface area contributed by atoms with Crippen LogP contribution in [0.2, 0.25) is 0 Å². The van der Waals surface area contributed by atoms with Crippen molar-refractivity contribution < 1.29 is 4.39 Å². The van der Waals surface area contributed by atoms with Crippen LogP contribution >= 0.6 is 0 Å². The maximum atomic E-state index is 12.7. The summed E-state index contributed by atoms with van der Waals surface area (Å²) in [4.78, 5) is 4.43. The van der Waals surface area contributed by atoms with Crippen molar-refractivity contribution in [2.24, 2.45) is 10.8 Å². The molecular formula is C12H18FN3. The molecule has 0 radical (unpaired) electrons. The lowest BCUT2D eigenvalue weighted by atomic mass is 10.1. The molecule has 0 heterocycles. The van der Waals surface area contributed by atoms with E-state index in [1.807, 2.05) is 20.8 Å². The molecule has 0 fully saturated rings. The second-order valence-corrected chi connectivity index (χ2v) is 4.68. The van der Waals surface area contributed by atoms with Crippen LogP contribution in [0.15, 0.2) is 29.3 Å². The van der Waals surface area contributed by atoms with E-state index in [4.69, 9.17) is 5.84 Å². The molecule has 0 aromatic heterocycles. The number of hydrogen-bond donors (Lipinski definition) is 2. The topological polar surface area (TPSA) is 50.4 Å². The third-order valence-corrected chi connectivity index (χ3v) is 1.92. The molecule has 3 N–H and O–H groups in total. The van der Waals surface area contributed by atoms with E-state index >= 15 is 0 Å². The first-order chi connectivity index (χ1) is 7.40. The van der Waals surface area contributed by atoms with Crippen LogP contribution in [0.3, 0.4) is 0 Å². The van der Waals surface area contributed by atoms with Crippen molar-refractivity contribution in [1.82, 2.24) is 5.43 Å². The van der Waals surface area contributed by atoms with E-state index in [0.717, 1.165) is 5.56 Å². The fourth-order valence-corrected chi connectivity index (χ4v) is 1.32. The quantitative estimate of drug-likeness (QED) is 0.349.